The van der Waals surface area contributed by atoms with Crippen LogP contribution in [0.5, 0.6) is 0 Å². The summed E-state index contributed by atoms with van der Waals surface area (Å²) in [5.74, 6) is 0. The van der Waals surface area contributed by atoms with Crippen molar-refractivity contribution in [3.8, 4) is 44.5 Å². The molecule has 0 radical (unpaired) electrons. The first-order valence-corrected chi connectivity index (χ1v) is 18.5. The Bertz CT molecular complexity index is 2690. The molecule has 0 spiro atoms. The van der Waals surface area contributed by atoms with Crippen LogP contribution in [-0.4, -0.2) is 0 Å². The number of hydrogen-bond acceptors (Lipinski definition) is 2. The van der Waals surface area contributed by atoms with E-state index in [4.69, 9.17) is 0 Å². The molecule has 0 saturated carbocycles. The molecule has 0 atom stereocenters. The van der Waals surface area contributed by atoms with Crippen molar-refractivity contribution in [2.45, 2.75) is 0 Å². The van der Waals surface area contributed by atoms with Crippen LogP contribution in [0, 0.1) is 0 Å². The fourth-order valence-corrected chi connectivity index (χ4v) is 8.06. The Balaban J connectivity index is 0.990. The van der Waals surface area contributed by atoms with Gasteiger partial charge in [-0.1, -0.05) is 152 Å². The van der Waals surface area contributed by atoms with E-state index in [1.54, 1.807) is 0 Å². The van der Waals surface area contributed by atoms with Crippen LogP contribution in [0.25, 0.3) is 55.3 Å². The smallest absolute Gasteiger partial charge is 0.0540 e. The first kappa shape index (κ1) is 31.6. The molecule has 0 bridgehead atoms. The van der Waals surface area contributed by atoms with Crippen LogP contribution in [0.4, 0.5) is 34.1 Å². The van der Waals surface area contributed by atoms with Crippen molar-refractivity contribution in [2.75, 3.05) is 9.80 Å². The third-order valence-electron chi connectivity index (χ3n) is 10.6. The van der Waals surface area contributed by atoms with Gasteiger partial charge in [0.25, 0.3) is 0 Å². The summed E-state index contributed by atoms with van der Waals surface area (Å²) in [6, 6.07) is 78.6. The molecule has 2 nitrogen and oxygen atoms in total. The lowest BCUT2D eigenvalue weighted by atomic mass is 9.99. The summed E-state index contributed by atoms with van der Waals surface area (Å²) in [6.45, 7) is 0. The molecule has 0 saturated heterocycles. The molecule has 2 heteroatoms. The van der Waals surface area contributed by atoms with Crippen molar-refractivity contribution in [1.29, 1.82) is 0 Å². The van der Waals surface area contributed by atoms with Crippen molar-refractivity contribution in [3.63, 3.8) is 0 Å². The largest absolute Gasteiger partial charge is 0.311 e. The highest BCUT2D eigenvalue weighted by Gasteiger charge is 2.24. The first-order valence-electron chi connectivity index (χ1n) is 18.5. The lowest BCUT2D eigenvalue weighted by Crippen LogP contribution is -2.10. The van der Waals surface area contributed by atoms with Crippen LogP contribution in [0.2, 0.25) is 0 Å². The van der Waals surface area contributed by atoms with Gasteiger partial charge in [-0.15, -0.1) is 0 Å². The fourth-order valence-electron chi connectivity index (χ4n) is 8.06. The SMILES string of the molecule is c1ccc(-c2ccc(N(c3ccccc3)c3ccc(-c4ccc(N(c5ccccc5)c5ccc6c7c(cccc57)-c5ccccc5-6)cc4)cc3)cc2)cc1. The maximum Gasteiger partial charge on any atom is 0.0540 e. The predicted molar refractivity (Wildman–Crippen MR) is 229 cm³/mol. The van der Waals surface area contributed by atoms with Gasteiger partial charge in [0, 0.05) is 33.8 Å². The molecular weight excluding hydrogens is 653 g/mol. The molecule has 9 aromatic carbocycles. The van der Waals surface area contributed by atoms with E-state index in [2.05, 4.69) is 228 Å². The van der Waals surface area contributed by atoms with Gasteiger partial charge >= 0.3 is 0 Å². The zero-order valence-electron chi connectivity index (χ0n) is 29.7. The highest BCUT2D eigenvalue weighted by molar-refractivity contribution is 6.19. The Morgan fingerprint density at radius 3 is 1.11 bits per heavy atom. The van der Waals surface area contributed by atoms with E-state index in [1.807, 2.05) is 0 Å². The lowest BCUT2D eigenvalue weighted by Gasteiger charge is -2.27. The zero-order chi connectivity index (χ0) is 35.8. The van der Waals surface area contributed by atoms with E-state index in [0.29, 0.717) is 0 Å². The molecule has 254 valence electrons. The minimum absolute atomic E-state index is 1.11. The van der Waals surface area contributed by atoms with E-state index in [0.717, 1.165) is 28.4 Å². The van der Waals surface area contributed by atoms with E-state index in [-0.39, 0.29) is 0 Å². The van der Waals surface area contributed by atoms with E-state index < -0.39 is 0 Å². The topological polar surface area (TPSA) is 6.48 Å². The normalized spacial score (nSPS) is 11.3. The monoisotopic (exact) mass is 688 g/mol. The Kier molecular flexibility index (Phi) is 7.85. The summed E-state index contributed by atoms with van der Waals surface area (Å²) in [6.07, 6.45) is 0. The molecule has 0 N–H and O–H groups in total. The van der Waals surface area contributed by atoms with Gasteiger partial charge in [0.2, 0.25) is 0 Å². The van der Waals surface area contributed by atoms with Crippen molar-refractivity contribution in [1.82, 2.24) is 0 Å². The second-order valence-electron chi connectivity index (χ2n) is 13.8. The number of nitrogens with zero attached hydrogens (tertiary/aromatic N) is 2. The Morgan fingerprint density at radius 1 is 0.222 bits per heavy atom. The second-order valence-corrected chi connectivity index (χ2v) is 13.8. The molecular formula is C52H36N2. The molecule has 1 aliphatic carbocycles. The van der Waals surface area contributed by atoms with E-state index >= 15 is 0 Å². The van der Waals surface area contributed by atoms with Crippen LogP contribution in [-0.2, 0) is 0 Å². The van der Waals surface area contributed by atoms with Crippen LogP contribution in [0.15, 0.2) is 218 Å². The minimum Gasteiger partial charge on any atom is -0.311 e. The first-order chi connectivity index (χ1) is 26.8. The zero-order valence-corrected chi connectivity index (χ0v) is 29.7. The summed E-state index contributed by atoms with van der Waals surface area (Å²) in [7, 11) is 0. The second kappa shape index (κ2) is 13.4. The molecule has 0 heterocycles. The summed E-state index contributed by atoms with van der Waals surface area (Å²) in [5.41, 5.74) is 16.8. The number of benzene rings is 9. The molecule has 54 heavy (non-hydrogen) atoms. The molecule has 0 amide bonds. The molecule has 0 aliphatic heterocycles. The standard InChI is InChI=1S/C52H36N2/c1-4-13-37(14-5-1)38-23-29-43(30-24-38)53(41-15-6-2-7-16-41)44-31-25-39(26-32-44)40-27-33-45(34-28-40)54(42-17-8-3-9-18-42)51-36-35-49-47-20-11-10-19-46(47)48-21-12-22-50(51)52(48)49/h1-36H. The van der Waals surface area contributed by atoms with Gasteiger partial charge in [-0.05, 0) is 117 Å². The predicted octanol–water partition coefficient (Wildman–Crippen LogP) is 14.8. The maximum atomic E-state index is 2.39. The lowest BCUT2D eigenvalue weighted by molar-refractivity contribution is 1.28. The number of fused-ring (bicyclic) bond motifs is 3. The molecule has 0 aromatic heterocycles. The quantitative estimate of drug-likeness (QED) is 0.157. The Morgan fingerprint density at radius 2 is 0.593 bits per heavy atom. The van der Waals surface area contributed by atoms with Gasteiger partial charge in [0.05, 0.1) is 5.69 Å². The number of para-hydroxylation sites is 2. The van der Waals surface area contributed by atoms with Gasteiger partial charge < -0.3 is 9.80 Å². The number of hydrogen-bond donors (Lipinski definition) is 0. The molecule has 0 fully saturated rings. The molecule has 0 unspecified atom stereocenters. The van der Waals surface area contributed by atoms with Gasteiger partial charge in [0.1, 0.15) is 0 Å². The summed E-state index contributed by atoms with van der Waals surface area (Å²) < 4.78 is 0. The third-order valence-corrected chi connectivity index (χ3v) is 10.6. The Labute approximate surface area is 316 Å². The highest BCUT2D eigenvalue weighted by atomic mass is 15.1. The minimum atomic E-state index is 1.11. The number of anilines is 6. The van der Waals surface area contributed by atoms with Crippen molar-refractivity contribution < 1.29 is 0 Å². The van der Waals surface area contributed by atoms with Crippen LogP contribution >= 0.6 is 0 Å². The Hall–Kier alpha value is -7.16. The molecule has 9 aromatic rings. The maximum absolute atomic E-state index is 2.39. The fraction of sp³-hybridized carbons (Fsp3) is 0. The average molecular weight is 689 g/mol. The molecule has 1 aliphatic rings. The number of rotatable bonds is 8. The summed E-state index contributed by atoms with van der Waals surface area (Å²) >= 11 is 0. The van der Waals surface area contributed by atoms with E-state index in [9.17, 15) is 0 Å². The van der Waals surface area contributed by atoms with Gasteiger partial charge in [-0.25, -0.2) is 0 Å². The van der Waals surface area contributed by atoms with Crippen molar-refractivity contribution >= 4 is 44.9 Å². The van der Waals surface area contributed by atoms with Crippen LogP contribution in [0.1, 0.15) is 0 Å². The average Bonchev–Trinajstić information content (AvgIpc) is 3.58. The summed E-state index contributed by atoms with van der Waals surface area (Å²) in [4.78, 5) is 4.70. The van der Waals surface area contributed by atoms with Gasteiger partial charge in [-0.2, -0.15) is 0 Å². The van der Waals surface area contributed by atoms with Crippen LogP contribution < -0.4 is 9.80 Å². The highest BCUT2D eigenvalue weighted by Crippen LogP contribution is 2.51. The molecule has 10 rings (SSSR count). The van der Waals surface area contributed by atoms with Crippen LogP contribution in [0.3, 0.4) is 0 Å². The van der Waals surface area contributed by atoms with Gasteiger partial charge in [0.15, 0.2) is 0 Å². The van der Waals surface area contributed by atoms with Gasteiger partial charge in [-0.3, -0.25) is 0 Å². The van der Waals surface area contributed by atoms with E-state index in [1.165, 1.54) is 61.0 Å². The van der Waals surface area contributed by atoms with Crippen molar-refractivity contribution in [2.24, 2.45) is 0 Å². The third kappa shape index (κ3) is 5.53. The summed E-state index contributed by atoms with van der Waals surface area (Å²) in [5, 5.41) is 2.58. The van der Waals surface area contributed by atoms with Crippen molar-refractivity contribution in [3.05, 3.63) is 218 Å².